The molecule has 0 amide bonds. The number of hydrogen-bond donors (Lipinski definition) is 1. The SMILES string of the molecule is Clc1cc(Br)c(Cl)c(-c2nc3ccccc3[nH]2)c1. The van der Waals surface area contributed by atoms with Gasteiger partial charge in [0.2, 0.25) is 0 Å². The predicted octanol–water partition coefficient (Wildman–Crippen LogP) is 5.30. The van der Waals surface area contributed by atoms with Gasteiger partial charge in [-0.05, 0) is 40.2 Å². The van der Waals surface area contributed by atoms with Crippen molar-refractivity contribution in [2.75, 3.05) is 0 Å². The minimum absolute atomic E-state index is 0.596. The van der Waals surface area contributed by atoms with Gasteiger partial charge in [0, 0.05) is 15.1 Å². The number of H-pyrrole nitrogens is 1. The molecular formula is C13H7BrCl2N2. The smallest absolute Gasteiger partial charge is 0.140 e. The summed E-state index contributed by atoms with van der Waals surface area (Å²) < 4.78 is 0.757. The van der Waals surface area contributed by atoms with E-state index in [2.05, 4.69) is 25.9 Å². The molecule has 0 spiro atoms. The van der Waals surface area contributed by atoms with Gasteiger partial charge < -0.3 is 4.98 Å². The number of aromatic amines is 1. The van der Waals surface area contributed by atoms with Crippen molar-refractivity contribution in [1.29, 1.82) is 0 Å². The fraction of sp³-hybridized carbons (Fsp3) is 0. The Hall–Kier alpha value is -1.03. The van der Waals surface area contributed by atoms with Gasteiger partial charge in [-0.3, -0.25) is 0 Å². The van der Waals surface area contributed by atoms with Crippen LogP contribution in [0.1, 0.15) is 0 Å². The second-order valence-corrected chi connectivity index (χ2v) is 5.52. The molecule has 1 N–H and O–H groups in total. The van der Waals surface area contributed by atoms with Crippen LogP contribution in [0.25, 0.3) is 22.4 Å². The number of para-hydroxylation sites is 2. The van der Waals surface area contributed by atoms with Gasteiger partial charge in [-0.25, -0.2) is 4.98 Å². The van der Waals surface area contributed by atoms with Crippen LogP contribution in [-0.2, 0) is 0 Å². The van der Waals surface area contributed by atoms with E-state index in [4.69, 9.17) is 23.2 Å². The van der Waals surface area contributed by atoms with Crippen molar-refractivity contribution in [1.82, 2.24) is 9.97 Å². The fourth-order valence-corrected chi connectivity index (χ4v) is 2.82. The first kappa shape index (κ1) is 12.0. The molecule has 18 heavy (non-hydrogen) atoms. The summed E-state index contributed by atoms with van der Waals surface area (Å²) in [4.78, 5) is 7.74. The van der Waals surface area contributed by atoms with E-state index < -0.39 is 0 Å². The summed E-state index contributed by atoms with van der Waals surface area (Å²) in [6, 6.07) is 11.4. The number of halogens is 3. The average Bonchev–Trinajstić information content (AvgIpc) is 2.77. The van der Waals surface area contributed by atoms with E-state index in [0.29, 0.717) is 15.9 Å². The Kier molecular flexibility index (Phi) is 3.06. The summed E-state index contributed by atoms with van der Waals surface area (Å²) in [5.74, 6) is 0.712. The maximum Gasteiger partial charge on any atom is 0.140 e. The highest BCUT2D eigenvalue weighted by atomic mass is 79.9. The van der Waals surface area contributed by atoms with Crippen LogP contribution in [-0.4, -0.2) is 9.97 Å². The first-order valence-corrected chi connectivity index (χ1v) is 6.80. The first-order valence-electron chi connectivity index (χ1n) is 5.25. The van der Waals surface area contributed by atoms with Gasteiger partial charge >= 0.3 is 0 Å². The van der Waals surface area contributed by atoms with Crippen LogP contribution in [0.5, 0.6) is 0 Å². The molecule has 0 fully saturated rings. The van der Waals surface area contributed by atoms with Crippen molar-refractivity contribution in [2.45, 2.75) is 0 Å². The van der Waals surface area contributed by atoms with Crippen LogP contribution in [0.4, 0.5) is 0 Å². The summed E-state index contributed by atoms with van der Waals surface area (Å²) in [7, 11) is 0. The summed E-state index contributed by atoms with van der Waals surface area (Å²) in [6.07, 6.45) is 0. The van der Waals surface area contributed by atoms with E-state index in [1.54, 1.807) is 12.1 Å². The van der Waals surface area contributed by atoms with Crippen molar-refractivity contribution in [2.24, 2.45) is 0 Å². The standard InChI is InChI=1S/C13H7BrCl2N2/c14-9-6-7(15)5-8(12(9)16)13-17-10-3-1-2-4-11(10)18-13/h1-6H,(H,17,18). The molecule has 0 unspecified atom stereocenters. The van der Waals surface area contributed by atoms with Gasteiger partial charge in [-0.2, -0.15) is 0 Å². The van der Waals surface area contributed by atoms with Crippen molar-refractivity contribution in [3.05, 3.63) is 50.9 Å². The molecule has 0 aliphatic heterocycles. The summed E-state index contributed by atoms with van der Waals surface area (Å²) in [5, 5.41) is 1.21. The van der Waals surface area contributed by atoms with E-state index in [1.807, 2.05) is 24.3 Å². The largest absolute Gasteiger partial charge is 0.338 e. The van der Waals surface area contributed by atoms with E-state index in [0.717, 1.165) is 21.1 Å². The lowest BCUT2D eigenvalue weighted by molar-refractivity contribution is 1.33. The lowest BCUT2D eigenvalue weighted by Crippen LogP contribution is -1.84. The topological polar surface area (TPSA) is 28.7 Å². The number of imidazole rings is 1. The first-order chi connectivity index (χ1) is 8.65. The normalized spacial score (nSPS) is 11.1. The number of hydrogen-bond acceptors (Lipinski definition) is 1. The molecule has 0 aliphatic carbocycles. The highest BCUT2D eigenvalue weighted by molar-refractivity contribution is 9.10. The van der Waals surface area contributed by atoms with Crippen molar-refractivity contribution in [3.8, 4) is 11.4 Å². The number of fused-ring (bicyclic) bond motifs is 1. The molecule has 1 aromatic heterocycles. The summed E-state index contributed by atoms with van der Waals surface area (Å²) in [6.45, 7) is 0. The minimum Gasteiger partial charge on any atom is -0.338 e. The van der Waals surface area contributed by atoms with Gasteiger partial charge in [0.05, 0.1) is 16.1 Å². The monoisotopic (exact) mass is 340 g/mol. The maximum atomic E-state index is 6.26. The van der Waals surface area contributed by atoms with Crippen LogP contribution in [0.2, 0.25) is 10.0 Å². The van der Waals surface area contributed by atoms with Gasteiger partial charge in [-0.1, -0.05) is 35.3 Å². The molecule has 1 heterocycles. The predicted molar refractivity (Wildman–Crippen MR) is 79.2 cm³/mol. The van der Waals surface area contributed by atoms with E-state index in [1.165, 1.54) is 0 Å². The number of aromatic nitrogens is 2. The zero-order valence-electron chi connectivity index (χ0n) is 9.05. The highest BCUT2D eigenvalue weighted by Gasteiger charge is 2.12. The molecular weight excluding hydrogens is 335 g/mol. The number of nitrogens with one attached hydrogen (secondary N) is 1. The highest BCUT2D eigenvalue weighted by Crippen LogP contribution is 2.36. The zero-order valence-corrected chi connectivity index (χ0v) is 12.1. The van der Waals surface area contributed by atoms with Crippen molar-refractivity contribution in [3.63, 3.8) is 0 Å². The molecule has 0 radical (unpaired) electrons. The van der Waals surface area contributed by atoms with Gasteiger partial charge in [0.15, 0.2) is 0 Å². The van der Waals surface area contributed by atoms with E-state index >= 15 is 0 Å². The third-order valence-corrected chi connectivity index (χ3v) is 4.12. The second-order valence-electron chi connectivity index (χ2n) is 3.85. The van der Waals surface area contributed by atoms with Crippen LogP contribution in [0, 0.1) is 0 Å². The molecule has 90 valence electrons. The second kappa shape index (κ2) is 4.57. The average molecular weight is 342 g/mol. The summed E-state index contributed by atoms with van der Waals surface area (Å²) >= 11 is 15.7. The van der Waals surface area contributed by atoms with Crippen LogP contribution in [0.15, 0.2) is 40.9 Å². The lowest BCUT2D eigenvalue weighted by atomic mass is 10.2. The maximum absolute atomic E-state index is 6.26. The Bertz CT molecular complexity index is 704. The Morgan fingerprint density at radius 2 is 1.89 bits per heavy atom. The molecule has 0 saturated heterocycles. The third-order valence-electron chi connectivity index (χ3n) is 2.64. The van der Waals surface area contributed by atoms with Gasteiger partial charge in [0.25, 0.3) is 0 Å². The molecule has 3 aromatic rings. The Labute approximate surface area is 122 Å². The number of rotatable bonds is 1. The molecule has 0 saturated carbocycles. The number of benzene rings is 2. The Morgan fingerprint density at radius 1 is 1.11 bits per heavy atom. The molecule has 2 aromatic carbocycles. The molecule has 0 atom stereocenters. The van der Waals surface area contributed by atoms with E-state index in [9.17, 15) is 0 Å². The van der Waals surface area contributed by atoms with Crippen LogP contribution in [0.3, 0.4) is 0 Å². The molecule has 3 rings (SSSR count). The van der Waals surface area contributed by atoms with Gasteiger partial charge in [-0.15, -0.1) is 0 Å². The van der Waals surface area contributed by atoms with Crippen LogP contribution >= 0.6 is 39.1 Å². The fourth-order valence-electron chi connectivity index (χ4n) is 1.81. The molecule has 5 heteroatoms. The molecule has 0 bridgehead atoms. The molecule has 2 nitrogen and oxygen atoms in total. The summed E-state index contributed by atoms with van der Waals surface area (Å²) in [5.41, 5.74) is 2.66. The Morgan fingerprint density at radius 3 is 2.67 bits per heavy atom. The van der Waals surface area contributed by atoms with Crippen molar-refractivity contribution >= 4 is 50.2 Å². The van der Waals surface area contributed by atoms with Gasteiger partial charge in [0.1, 0.15) is 5.82 Å². The van der Waals surface area contributed by atoms with Crippen LogP contribution < -0.4 is 0 Å². The lowest BCUT2D eigenvalue weighted by Gasteiger charge is -2.04. The third kappa shape index (κ3) is 2.03. The minimum atomic E-state index is 0.596. The van der Waals surface area contributed by atoms with Crippen molar-refractivity contribution < 1.29 is 0 Å². The Balaban J connectivity index is 2.26. The quantitative estimate of drug-likeness (QED) is 0.598. The zero-order chi connectivity index (χ0) is 12.7. The number of nitrogens with zero attached hydrogens (tertiary/aromatic N) is 1. The molecule has 0 aliphatic rings. The van der Waals surface area contributed by atoms with E-state index in [-0.39, 0.29) is 0 Å².